The molecule has 3 unspecified atom stereocenters. The molecule has 0 aromatic carbocycles. The molecule has 0 amide bonds. The van der Waals surface area contributed by atoms with E-state index in [1.165, 1.54) is 0 Å². The Morgan fingerprint density at radius 2 is 2.11 bits per heavy atom. The maximum Gasteiger partial charge on any atom is 0.0823 e. The summed E-state index contributed by atoms with van der Waals surface area (Å²) in [6, 6.07) is 0. The van der Waals surface area contributed by atoms with Crippen LogP contribution in [0.4, 0.5) is 0 Å². The predicted octanol–water partition coefficient (Wildman–Crippen LogP) is 2.27. The predicted molar refractivity (Wildman–Crippen MR) is 49.3 cm³/mol. The van der Waals surface area contributed by atoms with Gasteiger partial charge in [0.2, 0.25) is 0 Å². The lowest BCUT2D eigenvalue weighted by atomic mass is 10.4. The van der Waals surface area contributed by atoms with Crippen molar-refractivity contribution < 1.29 is 0 Å². The highest BCUT2D eigenvalue weighted by Gasteiger charge is 2.34. The summed E-state index contributed by atoms with van der Waals surface area (Å²) in [5.41, 5.74) is 0. The summed E-state index contributed by atoms with van der Waals surface area (Å²) in [5, 5.41) is -0.0316. The van der Waals surface area contributed by atoms with Gasteiger partial charge in [-0.2, -0.15) is 12.6 Å². The molecule has 4 heteroatoms. The topological polar surface area (TPSA) is 0 Å². The van der Waals surface area contributed by atoms with Crippen LogP contribution in [0.1, 0.15) is 6.42 Å². The lowest BCUT2D eigenvalue weighted by Gasteiger charge is -2.01. The van der Waals surface area contributed by atoms with Gasteiger partial charge in [-0.3, -0.25) is 0 Å². The molecular formula is C5H6Cl2S2. The monoisotopic (exact) mass is 200 g/mol. The van der Waals surface area contributed by atoms with E-state index in [0.717, 1.165) is 11.3 Å². The van der Waals surface area contributed by atoms with Gasteiger partial charge < -0.3 is 0 Å². The largest absolute Gasteiger partial charge is 0.170 e. The molecule has 3 atom stereocenters. The molecule has 9 heavy (non-hydrogen) atoms. The Labute approximate surface area is 75.3 Å². The smallest absolute Gasteiger partial charge is 0.0823 e. The van der Waals surface area contributed by atoms with E-state index in [9.17, 15) is 0 Å². The van der Waals surface area contributed by atoms with Gasteiger partial charge in [-0.1, -0.05) is 12.2 Å². The van der Waals surface area contributed by atoms with E-state index in [-0.39, 0.29) is 16.0 Å². The average molecular weight is 201 g/mol. The molecule has 0 saturated heterocycles. The number of hydrogen-bond donors (Lipinski definition) is 1. The molecule has 1 rings (SSSR count). The van der Waals surface area contributed by atoms with Gasteiger partial charge in [0.15, 0.2) is 0 Å². The third-order valence-electron chi connectivity index (χ3n) is 1.37. The van der Waals surface area contributed by atoms with Crippen LogP contribution in [0.3, 0.4) is 0 Å². The van der Waals surface area contributed by atoms with Crippen molar-refractivity contribution in [3.8, 4) is 0 Å². The van der Waals surface area contributed by atoms with Crippen LogP contribution in [0.5, 0.6) is 0 Å². The zero-order chi connectivity index (χ0) is 7.02. The fourth-order valence-electron chi connectivity index (χ4n) is 0.811. The summed E-state index contributed by atoms with van der Waals surface area (Å²) < 4.78 is 0. The van der Waals surface area contributed by atoms with Crippen LogP contribution in [0.15, 0.2) is 0 Å². The van der Waals surface area contributed by atoms with Crippen molar-refractivity contribution in [3.05, 3.63) is 0 Å². The molecule has 0 aromatic rings. The first-order valence-electron chi connectivity index (χ1n) is 2.63. The summed E-state index contributed by atoms with van der Waals surface area (Å²) >= 11 is 20.7. The molecule has 0 spiro atoms. The second kappa shape index (κ2) is 2.95. The molecule has 1 aliphatic rings. The quantitative estimate of drug-likeness (QED) is 0.356. The van der Waals surface area contributed by atoms with Gasteiger partial charge in [-0.25, -0.2) is 0 Å². The minimum atomic E-state index is -0.149. The molecule has 0 bridgehead atoms. The zero-order valence-corrected chi connectivity index (χ0v) is 7.77. The summed E-state index contributed by atoms with van der Waals surface area (Å²) in [5.74, 6) is 0. The number of hydrogen-bond acceptors (Lipinski definition) is 2. The molecule has 0 radical (unpaired) electrons. The van der Waals surface area contributed by atoms with Crippen molar-refractivity contribution in [2.24, 2.45) is 0 Å². The van der Waals surface area contributed by atoms with E-state index in [0.29, 0.717) is 0 Å². The fourth-order valence-corrected chi connectivity index (χ4v) is 2.31. The molecule has 0 N–H and O–H groups in total. The van der Waals surface area contributed by atoms with Crippen molar-refractivity contribution in [1.82, 2.24) is 0 Å². The first-order valence-corrected chi connectivity index (χ1v) is 4.42. The van der Waals surface area contributed by atoms with Crippen molar-refractivity contribution in [3.63, 3.8) is 0 Å². The summed E-state index contributed by atoms with van der Waals surface area (Å²) in [4.78, 5) is 0.792. The molecular weight excluding hydrogens is 195 g/mol. The van der Waals surface area contributed by atoms with E-state index >= 15 is 0 Å². The minimum absolute atomic E-state index is 0.0123. The molecule has 52 valence electrons. The normalized spacial score (nSPS) is 43.9. The van der Waals surface area contributed by atoms with Gasteiger partial charge in [0.05, 0.1) is 10.8 Å². The highest BCUT2D eigenvalue weighted by molar-refractivity contribution is 7.87. The van der Waals surface area contributed by atoms with E-state index in [1.54, 1.807) is 0 Å². The highest BCUT2D eigenvalue weighted by atomic mass is 35.5. The lowest BCUT2D eigenvalue weighted by molar-refractivity contribution is 0.909. The number of thiol groups is 1. The Morgan fingerprint density at radius 3 is 2.22 bits per heavy atom. The molecule has 0 aliphatic heterocycles. The maximum atomic E-state index is 5.79. The number of rotatable bonds is 0. The van der Waals surface area contributed by atoms with Crippen molar-refractivity contribution in [2.75, 3.05) is 0 Å². The molecule has 1 saturated carbocycles. The van der Waals surface area contributed by atoms with E-state index < -0.39 is 0 Å². The van der Waals surface area contributed by atoms with Gasteiger partial charge in [-0.15, -0.1) is 23.2 Å². The van der Waals surface area contributed by atoms with Gasteiger partial charge in [0.1, 0.15) is 0 Å². The van der Waals surface area contributed by atoms with Crippen LogP contribution < -0.4 is 0 Å². The summed E-state index contributed by atoms with van der Waals surface area (Å²) in [6.07, 6.45) is 0.803. The van der Waals surface area contributed by atoms with E-state index in [1.807, 2.05) is 0 Å². The Morgan fingerprint density at radius 1 is 1.56 bits per heavy atom. The highest BCUT2D eigenvalue weighted by Crippen LogP contribution is 2.30. The first-order chi connectivity index (χ1) is 4.13. The average Bonchev–Trinajstić information content (AvgIpc) is 1.98. The first kappa shape index (κ1) is 8.12. The molecule has 0 nitrogen and oxygen atoms in total. The van der Waals surface area contributed by atoms with Gasteiger partial charge in [-0.05, 0) is 6.42 Å². The second-order valence-corrected chi connectivity index (χ2v) is 4.20. The van der Waals surface area contributed by atoms with Crippen molar-refractivity contribution >= 4 is 52.9 Å². The fraction of sp³-hybridized carbons (Fsp3) is 0.800. The van der Waals surface area contributed by atoms with Crippen LogP contribution in [-0.4, -0.2) is 20.9 Å². The molecule has 0 aromatic heterocycles. The second-order valence-electron chi connectivity index (χ2n) is 2.07. The van der Waals surface area contributed by atoms with Crippen molar-refractivity contribution in [1.29, 1.82) is 0 Å². The van der Waals surface area contributed by atoms with Crippen LogP contribution in [0.2, 0.25) is 0 Å². The van der Waals surface area contributed by atoms with Gasteiger partial charge >= 0.3 is 0 Å². The zero-order valence-electron chi connectivity index (χ0n) is 4.55. The molecule has 0 heterocycles. The Balaban J connectivity index is 2.65. The number of thiocarbonyl (C=S) groups is 1. The Bertz CT molecular complexity index is 137. The van der Waals surface area contributed by atoms with E-state index in [4.69, 9.17) is 35.4 Å². The molecule has 1 aliphatic carbocycles. The summed E-state index contributed by atoms with van der Waals surface area (Å²) in [6.45, 7) is 0. The minimum Gasteiger partial charge on any atom is -0.170 e. The Kier molecular flexibility index (Phi) is 2.66. The van der Waals surface area contributed by atoms with Gasteiger partial charge in [0, 0.05) is 10.1 Å². The number of halogens is 2. The van der Waals surface area contributed by atoms with Crippen LogP contribution >= 0.6 is 48.0 Å². The lowest BCUT2D eigenvalue weighted by Crippen LogP contribution is -2.14. The number of alkyl halides is 2. The standard InChI is InChI=1S/C5H6Cl2S2/c6-2-1-3(8)5(9)4(2)7/h2-4,8H,1H2. The van der Waals surface area contributed by atoms with Crippen molar-refractivity contribution in [2.45, 2.75) is 22.4 Å². The summed E-state index contributed by atoms with van der Waals surface area (Å²) in [7, 11) is 0. The van der Waals surface area contributed by atoms with Crippen LogP contribution in [0.25, 0.3) is 0 Å². The maximum absolute atomic E-state index is 5.79. The third kappa shape index (κ3) is 1.53. The van der Waals surface area contributed by atoms with Crippen LogP contribution in [0, 0.1) is 0 Å². The third-order valence-corrected chi connectivity index (χ3v) is 3.80. The Hall–Kier alpha value is 1.02. The van der Waals surface area contributed by atoms with E-state index in [2.05, 4.69) is 12.6 Å². The molecule has 1 fully saturated rings. The van der Waals surface area contributed by atoms with Gasteiger partial charge in [0.25, 0.3) is 0 Å². The SMILES string of the molecule is S=C1C(S)CC(Cl)C1Cl. The van der Waals surface area contributed by atoms with Crippen LogP contribution in [-0.2, 0) is 0 Å².